The van der Waals surface area contributed by atoms with E-state index in [4.69, 9.17) is 9.52 Å². The summed E-state index contributed by atoms with van der Waals surface area (Å²) in [5, 5.41) is 8.79. The lowest BCUT2D eigenvalue weighted by Gasteiger charge is -1.88. The molecular weight excluding hydrogens is 148 g/mol. The molecule has 0 saturated heterocycles. The summed E-state index contributed by atoms with van der Waals surface area (Å²) in [6, 6.07) is 1.72. The molecule has 1 aromatic rings. The van der Waals surface area contributed by atoms with E-state index in [1.807, 2.05) is 6.92 Å². The van der Waals surface area contributed by atoms with Crippen molar-refractivity contribution in [1.82, 2.24) is 0 Å². The third kappa shape index (κ3) is 1.19. The Morgan fingerprint density at radius 1 is 1.60 bits per heavy atom. The molecular formula is C7H8O2S. The van der Waals surface area contributed by atoms with E-state index < -0.39 is 0 Å². The van der Waals surface area contributed by atoms with Crippen molar-refractivity contribution in [2.45, 2.75) is 13.8 Å². The maximum atomic E-state index is 8.89. The van der Waals surface area contributed by atoms with Crippen LogP contribution in [0.3, 0.4) is 0 Å². The fourth-order valence-corrected chi connectivity index (χ4v) is 1.05. The average molecular weight is 156 g/mol. The molecule has 0 unspecified atom stereocenters. The van der Waals surface area contributed by atoms with Crippen LogP contribution in [0.15, 0.2) is 10.5 Å². The summed E-state index contributed by atoms with van der Waals surface area (Å²) in [5.41, 5.74) is 0.618. The second-order valence-corrected chi connectivity index (χ2v) is 2.52. The summed E-state index contributed by atoms with van der Waals surface area (Å²) in [6.45, 7) is 3.58. The third-order valence-electron chi connectivity index (χ3n) is 1.27. The normalized spacial score (nSPS) is 9.80. The molecule has 0 saturated carbocycles. The first-order chi connectivity index (χ1) is 4.61. The van der Waals surface area contributed by atoms with Crippen LogP contribution in [0.1, 0.15) is 17.1 Å². The van der Waals surface area contributed by atoms with Gasteiger partial charge < -0.3 is 9.52 Å². The Bertz CT molecular complexity index is 263. The fourth-order valence-electron chi connectivity index (χ4n) is 0.843. The van der Waals surface area contributed by atoms with Crippen LogP contribution in [0.5, 0.6) is 0 Å². The van der Waals surface area contributed by atoms with Crippen molar-refractivity contribution in [3.8, 4) is 0 Å². The lowest BCUT2D eigenvalue weighted by molar-refractivity contribution is 0.501. The van der Waals surface area contributed by atoms with Gasteiger partial charge >= 0.3 is 0 Å². The number of hydrogen-bond acceptors (Lipinski definition) is 2. The fraction of sp³-hybridized carbons (Fsp3) is 0.286. The number of aliphatic hydroxyl groups excluding tert-OH is 1. The van der Waals surface area contributed by atoms with Crippen molar-refractivity contribution in [3.63, 3.8) is 0 Å². The van der Waals surface area contributed by atoms with E-state index in [2.05, 4.69) is 12.2 Å². The Labute approximate surface area is 64.5 Å². The minimum absolute atomic E-state index is 0.102. The molecule has 54 valence electrons. The summed E-state index contributed by atoms with van der Waals surface area (Å²) in [6.07, 6.45) is 0. The monoisotopic (exact) mass is 156 g/mol. The molecule has 2 nitrogen and oxygen atoms in total. The molecule has 1 rings (SSSR count). The molecule has 0 spiro atoms. The average Bonchev–Trinajstić information content (AvgIpc) is 2.10. The van der Waals surface area contributed by atoms with Gasteiger partial charge in [-0.25, -0.2) is 0 Å². The molecule has 0 fully saturated rings. The Morgan fingerprint density at radius 3 is 2.40 bits per heavy atom. The minimum Gasteiger partial charge on any atom is -0.498 e. The molecule has 0 atom stereocenters. The highest BCUT2D eigenvalue weighted by Crippen LogP contribution is 2.13. The number of aliphatic hydroxyl groups is 1. The van der Waals surface area contributed by atoms with Crippen molar-refractivity contribution in [1.29, 1.82) is 0 Å². The van der Waals surface area contributed by atoms with E-state index in [0.29, 0.717) is 11.3 Å². The zero-order valence-corrected chi connectivity index (χ0v) is 6.66. The van der Waals surface area contributed by atoms with Crippen LogP contribution < -0.4 is 0 Å². The van der Waals surface area contributed by atoms with Crippen molar-refractivity contribution in [2.75, 3.05) is 0 Å². The van der Waals surface area contributed by atoms with Crippen LogP contribution in [0.2, 0.25) is 0 Å². The van der Waals surface area contributed by atoms with Crippen molar-refractivity contribution in [3.05, 3.63) is 23.2 Å². The standard InChI is InChI=1S/C7H8O2S/c1-4-3-6(7(8)10)5(2)9-4/h3H,1-2H3,(H,8,10). The zero-order valence-electron chi connectivity index (χ0n) is 5.84. The van der Waals surface area contributed by atoms with Gasteiger partial charge in [-0.3, -0.25) is 0 Å². The van der Waals surface area contributed by atoms with Crippen LogP contribution in [0.4, 0.5) is 0 Å². The summed E-state index contributed by atoms with van der Waals surface area (Å²) < 4.78 is 5.13. The third-order valence-corrected chi connectivity index (χ3v) is 1.49. The zero-order chi connectivity index (χ0) is 7.72. The van der Waals surface area contributed by atoms with Gasteiger partial charge in [-0.2, -0.15) is 0 Å². The predicted molar refractivity (Wildman–Crippen MR) is 42.5 cm³/mol. The predicted octanol–water partition coefficient (Wildman–Crippen LogP) is 2.13. The van der Waals surface area contributed by atoms with Gasteiger partial charge in [-0.15, -0.1) is 0 Å². The van der Waals surface area contributed by atoms with Crippen LogP contribution in [0, 0.1) is 13.8 Å². The first kappa shape index (κ1) is 7.28. The quantitative estimate of drug-likeness (QED) is 0.632. The van der Waals surface area contributed by atoms with Gasteiger partial charge in [0.05, 0.1) is 5.56 Å². The van der Waals surface area contributed by atoms with E-state index in [-0.39, 0.29) is 5.05 Å². The number of hydrogen-bond donors (Lipinski definition) is 1. The molecule has 0 aliphatic rings. The van der Waals surface area contributed by atoms with Gasteiger partial charge in [-0.05, 0) is 32.1 Å². The van der Waals surface area contributed by atoms with Gasteiger partial charge in [0.2, 0.25) is 0 Å². The second-order valence-electron chi connectivity index (χ2n) is 2.13. The van der Waals surface area contributed by atoms with Crippen LogP contribution in [-0.4, -0.2) is 10.2 Å². The maximum Gasteiger partial charge on any atom is 0.192 e. The summed E-state index contributed by atoms with van der Waals surface area (Å²) in [4.78, 5) is 0. The van der Waals surface area contributed by atoms with E-state index in [0.717, 1.165) is 5.76 Å². The van der Waals surface area contributed by atoms with Crippen molar-refractivity contribution >= 4 is 17.3 Å². The van der Waals surface area contributed by atoms with E-state index in [1.54, 1.807) is 13.0 Å². The van der Waals surface area contributed by atoms with E-state index in [9.17, 15) is 0 Å². The molecule has 1 heterocycles. The molecule has 3 heteroatoms. The van der Waals surface area contributed by atoms with Gasteiger partial charge in [-0.1, -0.05) is 0 Å². The summed E-state index contributed by atoms with van der Waals surface area (Å²) in [5.74, 6) is 1.44. The maximum absolute atomic E-state index is 8.89. The SMILES string of the molecule is Cc1cc(C(O)=S)c(C)o1. The van der Waals surface area contributed by atoms with Gasteiger partial charge in [0.25, 0.3) is 0 Å². The number of furan rings is 1. The van der Waals surface area contributed by atoms with E-state index >= 15 is 0 Å². The Balaban J connectivity index is 3.15. The molecule has 0 bridgehead atoms. The highest BCUT2D eigenvalue weighted by atomic mass is 32.1. The van der Waals surface area contributed by atoms with Gasteiger partial charge in [0, 0.05) is 0 Å². The number of aryl methyl sites for hydroxylation is 2. The summed E-state index contributed by atoms with van der Waals surface area (Å²) >= 11 is 4.56. The van der Waals surface area contributed by atoms with Crippen molar-refractivity contribution in [2.24, 2.45) is 0 Å². The Kier molecular flexibility index (Phi) is 1.76. The van der Waals surface area contributed by atoms with Gasteiger partial charge in [0.15, 0.2) is 5.05 Å². The highest BCUT2D eigenvalue weighted by Gasteiger charge is 2.06. The Morgan fingerprint density at radius 2 is 2.20 bits per heavy atom. The largest absolute Gasteiger partial charge is 0.498 e. The lowest BCUT2D eigenvalue weighted by Crippen LogP contribution is -1.92. The first-order valence-electron chi connectivity index (χ1n) is 2.91. The smallest absolute Gasteiger partial charge is 0.192 e. The van der Waals surface area contributed by atoms with Crippen LogP contribution >= 0.6 is 12.2 Å². The lowest BCUT2D eigenvalue weighted by atomic mass is 10.3. The molecule has 0 aliphatic heterocycles. The summed E-state index contributed by atoms with van der Waals surface area (Å²) in [7, 11) is 0. The Hall–Kier alpha value is -0.830. The molecule has 0 radical (unpaired) electrons. The van der Waals surface area contributed by atoms with Crippen molar-refractivity contribution < 1.29 is 9.52 Å². The molecule has 0 aromatic carbocycles. The molecule has 0 aliphatic carbocycles. The molecule has 1 aromatic heterocycles. The molecule has 1 N–H and O–H groups in total. The topological polar surface area (TPSA) is 33.4 Å². The number of rotatable bonds is 1. The van der Waals surface area contributed by atoms with Crippen LogP contribution in [0.25, 0.3) is 0 Å². The first-order valence-corrected chi connectivity index (χ1v) is 3.32. The number of thiocarbonyl (C=S) groups is 1. The van der Waals surface area contributed by atoms with Gasteiger partial charge in [0.1, 0.15) is 11.5 Å². The minimum atomic E-state index is -0.102. The molecule has 10 heavy (non-hydrogen) atoms. The van der Waals surface area contributed by atoms with Crippen LogP contribution in [-0.2, 0) is 0 Å². The highest BCUT2D eigenvalue weighted by molar-refractivity contribution is 7.80. The second kappa shape index (κ2) is 2.42. The molecule has 0 amide bonds. The van der Waals surface area contributed by atoms with E-state index in [1.165, 1.54) is 0 Å².